The number of thiophene rings is 1. The third kappa shape index (κ3) is 4.77. The van der Waals surface area contributed by atoms with Gasteiger partial charge in [0.2, 0.25) is 5.91 Å². The summed E-state index contributed by atoms with van der Waals surface area (Å²) >= 11 is 7.45. The molecule has 1 aromatic heterocycles. The van der Waals surface area contributed by atoms with Gasteiger partial charge in [0.25, 0.3) is 0 Å². The number of ether oxygens (including phenoxy) is 2. The number of hydrogen-bond donors (Lipinski definition) is 0. The van der Waals surface area contributed by atoms with Crippen molar-refractivity contribution in [3.8, 4) is 11.5 Å². The molecule has 0 radical (unpaired) electrons. The van der Waals surface area contributed by atoms with E-state index in [9.17, 15) is 4.79 Å². The fraction of sp³-hybridized carbons (Fsp3) is 0.316. The molecule has 0 aliphatic carbocycles. The Morgan fingerprint density at radius 3 is 2.76 bits per heavy atom. The lowest BCUT2D eigenvalue weighted by atomic mass is 10.2. The standard InChI is InChI=1S/C19H20ClNO3S/c1-2-21(13-15-6-8-18(20)25-15)19(22)9-5-14-4-7-16-17(12-14)24-11-3-10-23-16/h4-9,12H,2-3,10-11,13H2,1H3/b9-5+. The Morgan fingerprint density at radius 1 is 1.24 bits per heavy atom. The van der Waals surface area contributed by atoms with Crippen molar-refractivity contribution < 1.29 is 14.3 Å². The number of halogens is 1. The molecule has 2 aromatic rings. The molecule has 0 N–H and O–H groups in total. The molecule has 0 atom stereocenters. The molecular formula is C19H20ClNO3S. The summed E-state index contributed by atoms with van der Waals surface area (Å²) in [6.45, 7) is 4.48. The zero-order chi connectivity index (χ0) is 17.6. The second kappa shape index (κ2) is 8.41. The van der Waals surface area contributed by atoms with Crippen LogP contribution in [0.4, 0.5) is 0 Å². The predicted molar refractivity (Wildman–Crippen MR) is 102 cm³/mol. The van der Waals surface area contributed by atoms with Crippen molar-refractivity contribution in [2.45, 2.75) is 19.9 Å². The van der Waals surface area contributed by atoms with E-state index in [0.717, 1.165) is 32.7 Å². The molecule has 1 aliphatic heterocycles. The molecule has 0 spiro atoms. The number of carbonyl (C=O) groups excluding carboxylic acids is 1. The summed E-state index contributed by atoms with van der Waals surface area (Å²) in [6, 6.07) is 9.52. The van der Waals surface area contributed by atoms with Crippen LogP contribution in [-0.4, -0.2) is 30.6 Å². The summed E-state index contributed by atoms with van der Waals surface area (Å²) in [5.74, 6) is 1.46. The van der Waals surface area contributed by atoms with Gasteiger partial charge in [0.15, 0.2) is 11.5 Å². The van der Waals surface area contributed by atoms with Crippen LogP contribution < -0.4 is 9.47 Å². The molecule has 25 heavy (non-hydrogen) atoms. The van der Waals surface area contributed by atoms with E-state index in [1.54, 1.807) is 17.1 Å². The maximum atomic E-state index is 12.5. The van der Waals surface area contributed by atoms with Gasteiger partial charge in [-0.3, -0.25) is 4.79 Å². The molecule has 0 saturated carbocycles. The first-order valence-corrected chi connectivity index (χ1v) is 9.46. The van der Waals surface area contributed by atoms with E-state index >= 15 is 0 Å². The molecule has 3 rings (SSSR count). The van der Waals surface area contributed by atoms with Gasteiger partial charge in [0, 0.05) is 23.9 Å². The highest BCUT2D eigenvalue weighted by Crippen LogP contribution is 2.30. The van der Waals surface area contributed by atoms with Gasteiger partial charge in [-0.15, -0.1) is 11.3 Å². The maximum absolute atomic E-state index is 12.5. The van der Waals surface area contributed by atoms with E-state index in [4.69, 9.17) is 21.1 Å². The number of nitrogens with zero attached hydrogens (tertiary/aromatic N) is 1. The molecule has 0 saturated heterocycles. The highest BCUT2D eigenvalue weighted by molar-refractivity contribution is 7.16. The predicted octanol–water partition coefficient (Wildman–Crippen LogP) is 4.62. The zero-order valence-electron chi connectivity index (χ0n) is 14.0. The summed E-state index contributed by atoms with van der Waals surface area (Å²) < 4.78 is 12.0. The van der Waals surface area contributed by atoms with E-state index in [2.05, 4.69) is 0 Å². The molecule has 2 heterocycles. The summed E-state index contributed by atoms with van der Waals surface area (Å²) in [5, 5.41) is 0. The first-order chi connectivity index (χ1) is 12.2. The Hall–Kier alpha value is -1.98. The number of benzene rings is 1. The van der Waals surface area contributed by atoms with Gasteiger partial charge in [-0.1, -0.05) is 17.7 Å². The number of rotatable bonds is 5. The van der Waals surface area contributed by atoms with Crippen LogP contribution in [0, 0.1) is 0 Å². The third-order valence-electron chi connectivity index (χ3n) is 3.86. The highest BCUT2D eigenvalue weighted by atomic mass is 35.5. The highest BCUT2D eigenvalue weighted by Gasteiger charge is 2.12. The number of likely N-dealkylation sites (N-methyl/N-ethyl adjacent to an activating group) is 1. The summed E-state index contributed by atoms with van der Waals surface area (Å²) in [4.78, 5) is 15.3. The minimum atomic E-state index is -0.0286. The average molecular weight is 378 g/mol. The van der Waals surface area contributed by atoms with Gasteiger partial charge in [-0.25, -0.2) is 0 Å². The molecule has 4 nitrogen and oxygen atoms in total. The third-order valence-corrected chi connectivity index (χ3v) is 5.07. The summed E-state index contributed by atoms with van der Waals surface area (Å²) in [6.07, 6.45) is 4.27. The first-order valence-electron chi connectivity index (χ1n) is 8.26. The molecular weight excluding hydrogens is 358 g/mol. The van der Waals surface area contributed by atoms with Gasteiger partial charge >= 0.3 is 0 Å². The van der Waals surface area contributed by atoms with E-state index in [-0.39, 0.29) is 5.91 Å². The molecule has 1 amide bonds. The quantitative estimate of drug-likeness (QED) is 0.713. The summed E-state index contributed by atoms with van der Waals surface area (Å²) in [5.41, 5.74) is 0.910. The summed E-state index contributed by atoms with van der Waals surface area (Å²) in [7, 11) is 0. The minimum absolute atomic E-state index is 0.0286. The molecule has 0 unspecified atom stereocenters. The lowest BCUT2D eigenvalue weighted by Gasteiger charge is -2.18. The smallest absolute Gasteiger partial charge is 0.246 e. The molecule has 0 fully saturated rings. The molecule has 1 aromatic carbocycles. The van der Waals surface area contributed by atoms with Crippen molar-refractivity contribution in [1.29, 1.82) is 0 Å². The van der Waals surface area contributed by atoms with Gasteiger partial charge < -0.3 is 14.4 Å². The Balaban J connectivity index is 1.67. The van der Waals surface area contributed by atoms with Gasteiger partial charge in [-0.05, 0) is 42.8 Å². The SMILES string of the molecule is CCN(Cc1ccc(Cl)s1)C(=O)/C=C/c1ccc2c(c1)OCCCO2. The van der Waals surface area contributed by atoms with Gasteiger partial charge in [0.05, 0.1) is 24.1 Å². The Kier molecular flexibility index (Phi) is 6.00. The Labute approximate surface area is 156 Å². The number of amides is 1. The Bertz CT molecular complexity index is 772. The number of carbonyl (C=O) groups is 1. The second-order valence-corrected chi connectivity index (χ2v) is 7.45. The van der Waals surface area contributed by atoms with E-state index < -0.39 is 0 Å². The largest absolute Gasteiger partial charge is 0.490 e. The number of fused-ring (bicyclic) bond motifs is 1. The molecule has 0 bridgehead atoms. The molecule has 1 aliphatic rings. The number of hydrogen-bond acceptors (Lipinski definition) is 4. The average Bonchev–Trinajstić information content (AvgIpc) is 2.89. The monoisotopic (exact) mass is 377 g/mol. The van der Waals surface area contributed by atoms with Crippen molar-refractivity contribution in [3.63, 3.8) is 0 Å². The normalized spacial score (nSPS) is 13.7. The Morgan fingerprint density at radius 2 is 2.04 bits per heavy atom. The van der Waals surface area contributed by atoms with Crippen LogP contribution in [0.3, 0.4) is 0 Å². The lowest BCUT2D eigenvalue weighted by Crippen LogP contribution is -2.28. The van der Waals surface area contributed by atoms with E-state index in [1.807, 2.05) is 37.3 Å². The van der Waals surface area contributed by atoms with Crippen molar-refractivity contribution in [1.82, 2.24) is 4.90 Å². The van der Waals surface area contributed by atoms with Crippen LogP contribution in [-0.2, 0) is 11.3 Å². The lowest BCUT2D eigenvalue weighted by molar-refractivity contribution is -0.126. The second-order valence-electron chi connectivity index (χ2n) is 5.65. The van der Waals surface area contributed by atoms with Crippen molar-refractivity contribution in [2.24, 2.45) is 0 Å². The van der Waals surface area contributed by atoms with Gasteiger partial charge in [0.1, 0.15) is 0 Å². The molecule has 6 heteroatoms. The van der Waals surface area contributed by atoms with Gasteiger partial charge in [-0.2, -0.15) is 0 Å². The van der Waals surface area contributed by atoms with Crippen molar-refractivity contribution >= 4 is 34.9 Å². The van der Waals surface area contributed by atoms with Crippen LogP contribution in [0.5, 0.6) is 11.5 Å². The van der Waals surface area contributed by atoms with Crippen LogP contribution in [0.25, 0.3) is 6.08 Å². The van der Waals surface area contributed by atoms with Crippen molar-refractivity contribution in [2.75, 3.05) is 19.8 Å². The van der Waals surface area contributed by atoms with Crippen molar-refractivity contribution in [3.05, 3.63) is 51.2 Å². The zero-order valence-corrected chi connectivity index (χ0v) is 15.6. The molecule has 132 valence electrons. The van der Waals surface area contributed by atoms with E-state index in [1.165, 1.54) is 11.3 Å². The maximum Gasteiger partial charge on any atom is 0.246 e. The topological polar surface area (TPSA) is 38.8 Å². The first kappa shape index (κ1) is 17.8. The fourth-order valence-corrected chi connectivity index (χ4v) is 3.63. The van der Waals surface area contributed by atoms with Crippen LogP contribution in [0.15, 0.2) is 36.4 Å². The van der Waals surface area contributed by atoms with E-state index in [0.29, 0.717) is 26.3 Å². The van der Waals surface area contributed by atoms with Crippen LogP contribution in [0.2, 0.25) is 4.34 Å². The van der Waals surface area contributed by atoms with Crippen LogP contribution in [0.1, 0.15) is 23.8 Å². The van der Waals surface area contributed by atoms with Crippen LogP contribution >= 0.6 is 22.9 Å². The fourth-order valence-electron chi connectivity index (χ4n) is 2.53. The minimum Gasteiger partial charge on any atom is -0.490 e.